The van der Waals surface area contributed by atoms with Crippen molar-refractivity contribution in [1.29, 1.82) is 0 Å². The van der Waals surface area contributed by atoms with Crippen molar-refractivity contribution in [2.75, 3.05) is 6.54 Å². The second-order valence-corrected chi connectivity index (χ2v) is 4.47. The molecule has 4 heteroatoms. The van der Waals surface area contributed by atoms with Gasteiger partial charge >= 0.3 is 0 Å². The molecule has 1 heterocycles. The molecule has 15 heavy (non-hydrogen) atoms. The van der Waals surface area contributed by atoms with Crippen molar-refractivity contribution in [2.45, 2.75) is 32.9 Å². The first kappa shape index (κ1) is 12.5. The van der Waals surface area contributed by atoms with E-state index in [1.807, 2.05) is 12.3 Å². The number of aromatic nitrogens is 1. The van der Waals surface area contributed by atoms with E-state index in [4.69, 9.17) is 0 Å². The van der Waals surface area contributed by atoms with Crippen LogP contribution in [0, 0.1) is 0 Å². The van der Waals surface area contributed by atoms with E-state index >= 15 is 0 Å². The number of pyridine rings is 1. The van der Waals surface area contributed by atoms with Gasteiger partial charge in [0.2, 0.25) is 0 Å². The highest BCUT2D eigenvalue weighted by Crippen LogP contribution is 2.00. The number of hydrogen-bond acceptors (Lipinski definition) is 2. The third-order valence-electron chi connectivity index (χ3n) is 2.43. The van der Waals surface area contributed by atoms with Crippen molar-refractivity contribution in [3.05, 3.63) is 33.2 Å². The van der Waals surface area contributed by atoms with Crippen molar-refractivity contribution >= 4 is 15.9 Å². The molecule has 0 amide bonds. The van der Waals surface area contributed by atoms with Gasteiger partial charge in [-0.2, -0.15) is 0 Å². The summed E-state index contributed by atoms with van der Waals surface area (Å²) >= 11 is 3.23. The van der Waals surface area contributed by atoms with Gasteiger partial charge in [-0.05, 0) is 41.4 Å². The average molecular weight is 273 g/mol. The average Bonchev–Trinajstić information content (AvgIpc) is 2.24. The fourth-order valence-corrected chi connectivity index (χ4v) is 1.64. The van der Waals surface area contributed by atoms with Crippen LogP contribution in [-0.2, 0) is 6.54 Å². The summed E-state index contributed by atoms with van der Waals surface area (Å²) in [6, 6.07) is 4.14. The van der Waals surface area contributed by atoms with Crippen molar-refractivity contribution in [3.8, 4) is 0 Å². The van der Waals surface area contributed by atoms with Crippen LogP contribution in [0.15, 0.2) is 27.6 Å². The Bertz CT molecular complexity index is 362. The maximum atomic E-state index is 11.6. The van der Waals surface area contributed by atoms with Crippen LogP contribution in [-0.4, -0.2) is 17.2 Å². The summed E-state index contributed by atoms with van der Waals surface area (Å²) < 4.78 is 2.33. The van der Waals surface area contributed by atoms with E-state index in [2.05, 4.69) is 35.1 Å². The minimum Gasteiger partial charge on any atom is -0.313 e. The van der Waals surface area contributed by atoms with Crippen LogP contribution in [0.2, 0.25) is 0 Å². The lowest BCUT2D eigenvalue weighted by atomic mass is 10.2. The molecule has 0 saturated carbocycles. The second kappa shape index (κ2) is 6.08. The van der Waals surface area contributed by atoms with Gasteiger partial charge in [-0.15, -0.1) is 0 Å². The highest BCUT2D eigenvalue weighted by atomic mass is 79.9. The van der Waals surface area contributed by atoms with Gasteiger partial charge in [0.1, 0.15) is 0 Å². The molecule has 1 unspecified atom stereocenters. The molecule has 0 bridgehead atoms. The van der Waals surface area contributed by atoms with Gasteiger partial charge in [-0.25, -0.2) is 0 Å². The van der Waals surface area contributed by atoms with Gasteiger partial charge in [0.15, 0.2) is 0 Å². The van der Waals surface area contributed by atoms with Gasteiger partial charge in [0, 0.05) is 25.3 Å². The molecule has 1 aromatic rings. The third kappa shape index (κ3) is 3.80. The molecule has 0 aliphatic rings. The van der Waals surface area contributed by atoms with Crippen molar-refractivity contribution in [1.82, 2.24) is 9.88 Å². The lowest BCUT2D eigenvalue weighted by Crippen LogP contribution is -2.31. The first-order valence-electron chi connectivity index (χ1n) is 5.23. The normalized spacial score (nSPS) is 12.7. The van der Waals surface area contributed by atoms with Crippen molar-refractivity contribution < 1.29 is 0 Å². The lowest BCUT2D eigenvalue weighted by Gasteiger charge is -2.12. The number of halogens is 1. The molecule has 0 aromatic carbocycles. The number of hydrogen-bond donors (Lipinski definition) is 1. The largest absolute Gasteiger partial charge is 0.313 e. The fraction of sp³-hybridized carbons (Fsp3) is 0.545. The van der Waals surface area contributed by atoms with Crippen molar-refractivity contribution in [3.63, 3.8) is 0 Å². The van der Waals surface area contributed by atoms with Crippen molar-refractivity contribution in [2.24, 2.45) is 0 Å². The monoisotopic (exact) mass is 272 g/mol. The first-order valence-corrected chi connectivity index (χ1v) is 6.02. The molecule has 1 N–H and O–H groups in total. The Morgan fingerprint density at radius 2 is 2.33 bits per heavy atom. The molecule has 1 aromatic heterocycles. The zero-order valence-electron chi connectivity index (χ0n) is 9.16. The van der Waals surface area contributed by atoms with Crippen LogP contribution >= 0.6 is 15.9 Å². The molecule has 0 saturated heterocycles. The molecule has 1 rings (SSSR count). The van der Waals surface area contributed by atoms with Crippen LogP contribution in [0.25, 0.3) is 0 Å². The highest BCUT2D eigenvalue weighted by Gasteiger charge is 2.00. The van der Waals surface area contributed by atoms with Crippen LogP contribution in [0.1, 0.15) is 20.3 Å². The van der Waals surface area contributed by atoms with Gasteiger partial charge in [0.25, 0.3) is 5.56 Å². The minimum absolute atomic E-state index is 0.0310. The summed E-state index contributed by atoms with van der Waals surface area (Å²) in [4.78, 5) is 11.6. The number of rotatable bonds is 5. The Labute approximate surface area is 98.6 Å². The lowest BCUT2D eigenvalue weighted by molar-refractivity contribution is 0.499. The summed E-state index contributed by atoms with van der Waals surface area (Å²) in [6.07, 6.45) is 2.92. The predicted molar refractivity (Wildman–Crippen MR) is 66.2 cm³/mol. The van der Waals surface area contributed by atoms with Crippen LogP contribution < -0.4 is 10.9 Å². The van der Waals surface area contributed by atoms with Gasteiger partial charge in [-0.3, -0.25) is 4.79 Å². The van der Waals surface area contributed by atoms with Gasteiger partial charge in [-0.1, -0.05) is 6.92 Å². The first-order chi connectivity index (χ1) is 7.15. The second-order valence-electron chi connectivity index (χ2n) is 3.62. The molecule has 0 spiro atoms. The van der Waals surface area contributed by atoms with Crippen LogP contribution in [0.4, 0.5) is 0 Å². The van der Waals surface area contributed by atoms with E-state index < -0.39 is 0 Å². The summed E-state index contributed by atoms with van der Waals surface area (Å²) in [5.74, 6) is 0. The zero-order chi connectivity index (χ0) is 11.3. The molecule has 84 valence electrons. The molecular formula is C11H17BrN2O. The molecule has 1 atom stereocenters. The SMILES string of the molecule is CCC(C)NCCn1cccc(Br)c1=O. The maximum absolute atomic E-state index is 11.6. The maximum Gasteiger partial charge on any atom is 0.264 e. The standard InChI is InChI=1S/C11H17BrN2O/c1-3-9(2)13-6-8-14-7-4-5-10(12)11(14)15/h4-5,7,9,13H,3,6,8H2,1-2H3. The number of nitrogens with zero attached hydrogens (tertiary/aromatic N) is 1. The molecule has 0 aliphatic heterocycles. The Hall–Kier alpha value is -0.610. The quantitative estimate of drug-likeness (QED) is 0.890. The fourth-order valence-electron chi connectivity index (χ4n) is 1.26. The predicted octanol–water partition coefficient (Wildman–Crippen LogP) is 2.00. The number of nitrogens with one attached hydrogen (secondary N) is 1. The molecule has 3 nitrogen and oxygen atoms in total. The summed E-state index contributed by atoms with van der Waals surface area (Å²) in [5, 5.41) is 3.35. The Morgan fingerprint density at radius 1 is 1.60 bits per heavy atom. The van der Waals surface area contributed by atoms with E-state index in [1.54, 1.807) is 10.6 Å². The topological polar surface area (TPSA) is 34.0 Å². The smallest absolute Gasteiger partial charge is 0.264 e. The minimum atomic E-state index is 0.0310. The molecule has 0 radical (unpaired) electrons. The Morgan fingerprint density at radius 3 is 3.00 bits per heavy atom. The Kier molecular flexibility index (Phi) is 5.05. The van der Waals surface area contributed by atoms with E-state index in [0.29, 0.717) is 17.1 Å². The van der Waals surface area contributed by atoms with Crippen LogP contribution in [0.3, 0.4) is 0 Å². The zero-order valence-corrected chi connectivity index (χ0v) is 10.8. The molecular weight excluding hydrogens is 256 g/mol. The summed E-state index contributed by atoms with van der Waals surface area (Å²) in [5.41, 5.74) is 0.0310. The Balaban J connectivity index is 2.51. The van der Waals surface area contributed by atoms with E-state index in [1.165, 1.54) is 0 Å². The highest BCUT2D eigenvalue weighted by molar-refractivity contribution is 9.10. The third-order valence-corrected chi connectivity index (χ3v) is 3.04. The van der Waals surface area contributed by atoms with Gasteiger partial charge < -0.3 is 9.88 Å². The summed E-state index contributed by atoms with van der Waals surface area (Å²) in [7, 11) is 0. The van der Waals surface area contributed by atoms with E-state index in [9.17, 15) is 4.79 Å². The van der Waals surface area contributed by atoms with Crippen LogP contribution in [0.5, 0.6) is 0 Å². The van der Waals surface area contributed by atoms with E-state index in [-0.39, 0.29) is 5.56 Å². The van der Waals surface area contributed by atoms with Gasteiger partial charge in [0.05, 0.1) is 4.47 Å². The molecule has 0 aliphatic carbocycles. The van der Waals surface area contributed by atoms with E-state index in [0.717, 1.165) is 13.0 Å². The summed E-state index contributed by atoms with van der Waals surface area (Å²) in [6.45, 7) is 5.82. The molecule has 0 fully saturated rings.